The van der Waals surface area contributed by atoms with Gasteiger partial charge < -0.3 is 15.1 Å². The molecule has 1 aliphatic rings. The van der Waals surface area contributed by atoms with Gasteiger partial charge in [-0.15, -0.1) is 5.10 Å². The zero-order valence-electron chi connectivity index (χ0n) is 24.0. The second-order valence-corrected chi connectivity index (χ2v) is 11.8. The molecule has 6 rings (SSSR count). The van der Waals surface area contributed by atoms with Crippen molar-refractivity contribution in [2.24, 2.45) is 0 Å². The fraction of sp³-hybridized carbons (Fsp3) is 0.281. The minimum absolute atomic E-state index is 0.0519. The molecule has 226 valence electrons. The third-order valence-corrected chi connectivity index (χ3v) is 8.43. The summed E-state index contributed by atoms with van der Waals surface area (Å²) in [5.74, 6) is 0.329. The number of amides is 1. The molecule has 1 saturated carbocycles. The number of nitrogens with two attached hydrogens (primary N) is 1. The van der Waals surface area contributed by atoms with Gasteiger partial charge in [0.15, 0.2) is 5.69 Å². The molecule has 0 atom stereocenters. The molecule has 9 nitrogen and oxygen atoms in total. The second-order valence-electron chi connectivity index (χ2n) is 11.0. The maximum absolute atomic E-state index is 14.4. The number of carbonyl (C=O) groups is 1. The first-order valence-electron chi connectivity index (χ1n) is 14.4. The summed E-state index contributed by atoms with van der Waals surface area (Å²) in [5.41, 5.74) is 9.65. The van der Waals surface area contributed by atoms with Gasteiger partial charge in [0.2, 0.25) is 5.91 Å². The number of aromatic nitrogens is 5. The van der Waals surface area contributed by atoms with E-state index < -0.39 is 5.82 Å². The van der Waals surface area contributed by atoms with Crippen molar-refractivity contribution in [3.8, 4) is 28.5 Å². The van der Waals surface area contributed by atoms with E-state index in [1.807, 2.05) is 28.8 Å². The highest BCUT2D eigenvalue weighted by Gasteiger charge is 2.31. The van der Waals surface area contributed by atoms with E-state index in [0.717, 1.165) is 49.1 Å². The number of halogens is 3. The number of likely N-dealkylation sites (N-methyl/N-ethyl adjacent to an activating group) is 1. The van der Waals surface area contributed by atoms with Crippen LogP contribution in [0.15, 0.2) is 65.3 Å². The molecule has 3 heterocycles. The molecule has 0 spiro atoms. The van der Waals surface area contributed by atoms with Gasteiger partial charge in [0, 0.05) is 42.5 Å². The lowest BCUT2D eigenvalue weighted by Gasteiger charge is -2.25. The largest absolute Gasteiger partial charge is 0.402 e. The van der Waals surface area contributed by atoms with Gasteiger partial charge in [0.05, 0.1) is 22.8 Å². The molecule has 0 saturated heterocycles. The van der Waals surface area contributed by atoms with Crippen LogP contribution in [-0.2, 0) is 17.8 Å². The monoisotopic (exact) mass is 633 g/mol. The molecule has 0 unspecified atom stereocenters. The van der Waals surface area contributed by atoms with E-state index in [1.54, 1.807) is 36.5 Å². The molecule has 2 aromatic carbocycles. The topological polar surface area (TPSA) is 116 Å². The van der Waals surface area contributed by atoms with Crippen molar-refractivity contribution in [3.63, 3.8) is 0 Å². The van der Waals surface area contributed by atoms with Gasteiger partial charge in [0.25, 0.3) is 5.89 Å². The Morgan fingerprint density at radius 3 is 2.64 bits per heavy atom. The van der Waals surface area contributed by atoms with E-state index >= 15 is 0 Å². The molecule has 1 aliphatic carbocycles. The maximum atomic E-state index is 14.4. The molecule has 1 amide bonds. The fourth-order valence-electron chi connectivity index (χ4n) is 5.75. The Bertz CT molecular complexity index is 1800. The second kappa shape index (κ2) is 12.8. The predicted molar refractivity (Wildman–Crippen MR) is 167 cm³/mol. The standard InChI is InChI=1S/C32H30Cl2FN7O2/c1-41(18-19-6-5-13-37-17-19)27(43)15-21-9-11-23(33)16-26(21)42-29(22-10-12-25(35)24(34)14-22)28(31-39-40-32(36)44-31)38-30(42)20-7-3-2-4-8-20/h5-6,9-14,16-17,20H,2-4,7-8,15,18H2,1H3,(H2,36,40). The van der Waals surface area contributed by atoms with Crippen molar-refractivity contribution in [1.82, 2.24) is 29.6 Å². The number of hydrogen-bond donors (Lipinski definition) is 1. The van der Waals surface area contributed by atoms with E-state index in [2.05, 4.69) is 15.2 Å². The number of rotatable bonds is 8. The van der Waals surface area contributed by atoms with Gasteiger partial charge in [-0.25, -0.2) is 9.37 Å². The molecule has 1 fully saturated rings. The highest BCUT2D eigenvalue weighted by atomic mass is 35.5. The van der Waals surface area contributed by atoms with Gasteiger partial charge in [-0.3, -0.25) is 14.3 Å². The van der Waals surface area contributed by atoms with Crippen molar-refractivity contribution in [2.75, 3.05) is 12.8 Å². The Hall–Kier alpha value is -4.28. The molecule has 0 radical (unpaired) electrons. The van der Waals surface area contributed by atoms with Crippen LogP contribution >= 0.6 is 23.2 Å². The number of hydrogen-bond acceptors (Lipinski definition) is 7. The van der Waals surface area contributed by atoms with Crippen molar-refractivity contribution in [2.45, 2.75) is 51.0 Å². The zero-order chi connectivity index (χ0) is 30.8. The molecular formula is C32H30Cl2FN7O2. The Kier molecular flexibility index (Phi) is 8.63. The Morgan fingerprint density at radius 1 is 1.11 bits per heavy atom. The first-order valence-corrected chi connectivity index (χ1v) is 15.1. The third kappa shape index (κ3) is 6.18. The minimum Gasteiger partial charge on any atom is -0.402 e. The Labute approximate surface area is 263 Å². The first kappa shape index (κ1) is 29.8. The minimum atomic E-state index is -0.553. The van der Waals surface area contributed by atoms with Gasteiger partial charge in [-0.2, -0.15) is 0 Å². The number of nitrogens with zero attached hydrogens (tertiary/aromatic N) is 6. The summed E-state index contributed by atoms with van der Waals surface area (Å²) in [4.78, 5) is 24.5. The van der Waals surface area contributed by atoms with E-state index in [9.17, 15) is 9.18 Å². The highest BCUT2D eigenvalue weighted by molar-refractivity contribution is 6.31. The molecule has 44 heavy (non-hydrogen) atoms. The third-order valence-electron chi connectivity index (χ3n) is 7.91. The summed E-state index contributed by atoms with van der Waals surface area (Å²) in [6, 6.07) is 13.6. The van der Waals surface area contributed by atoms with Crippen LogP contribution in [0.5, 0.6) is 0 Å². The van der Waals surface area contributed by atoms with Crippen LogP contribution < -0.4 is 5.73 Å². The average molecular weight is 635 g/mol. The van der Waals surface area contributed by atoms with Crippen LogP contribution in [-0.4, -0.2) is 42.6 Å². The maximum Gasteiger partial charge on any atom is 0.313 e. The number of carbonyl (C=O) groups excluding carboxylic acids is 1. The summed E-state index contributed by atoms with van der Waals surface area (Å²) in [6.45, 7) is 0.413. The average Bonchev–Trinajstić information content (AvgIpc) is 3.64. The summed E-state index contributed by atoms with van der Waals surface area (Å²) >= 11 is 12.9. The smallest absolute Gasteiger partial charge is 0.313 e. The van der Waals surface area contributed by atoms with Crippen molar-refractivity contribution < 1.29 is 13.6 Å². The lowest BCUT2D eigenvalue weighted by molar-refractivity contribution is -0.129. The summed E-state index contributed by atoms with van der Waals surface area (Å²) in [6.07, 6.45) is 8.64. The van der Waals surface area contributed by atoms with Crippen LogP contribution in [0.3, 0.4) is 0 Å². The van der Waals surface area contributed by atoms with Gasteiger partial charge in [0.1, 0.15) is 11.6 Å². The normalized spacial score (nSPS) is 13.7. The van der Waals surface area contributed by atoms with Gasteiger partial charge in [-0.1, -0.05) is 59.7 Å². The van der Waals surface area contributed by atoms with E-state index in [0.29, 0.717) is 34.2 Å². The quantitative estimate of drug-likeness (QED) is 0.191. The van der Waals surface area contributed by atoms with Crippen molar-refractivity contribution in [1.29, 1.82) is 0 Å². The molecule has 0 bridgehead atoms. The van der Waals surface area contributed by atoms with Crippen LogP contribution in [0.2, 0.25) is 10.0 Å². The number of nitrogen functional groups attached to an aromatic ring is 1. The summed E-state index contributed by atoms with van der Waals surface area (Å²) in [7, 11) is 1.76. The van der Waals surface area contributed by atoms with Gasteiger partial charge in [-0.05, 0) is 60.4 Å². The lowest BCUT2D eigenvalue weighted by Crippen LogP contribution is -2.28. The van der Waals surface area contributed by atoms with Crippen molar-refractivity contribution >= 4 is 35.1 Å². The Balaban J connectivity index is 1.53. The zero-order valence-corrected chi connectivity index (χ0v) is 25.5. The molecular weight excluding hydrogens is 604 g/mol. The van der Waals surface area contributed by atoms with E-state index in [-0.39, 0.29) is 35.2 Å². The predicted octanol–water partition coefficient (Wildman–Crippen LogP) is 7.26. The van der Waals surface area contributed by atoms with Crippen LogP contribution in [0.1, 0.15) is 55.0 Å². The fourth-order valence-corrected chi connectivity index (χ4v) is 6.10. The van der Waals surface area contributed by atoms with Crippen LogP contribution in [0, 0.1) is 5.82 Å². The summed E-state index contributed by atoms with van der Waals surface area (Å²) < 4.78 is 22.0. The molecule has 0 aliphatic heterocycles. The number of pyridine rings is 1. The van der Waals surface area contributed by atoms with Crippen LogP contribution in [0.4, 0.5) is 10.4 Å². The SMILES string of the molecule is CN(Cc1cccnc1)C(=O)Cc1ccc(Cl)cc1-n1c(C2CCCCC2)nc(-c2nnc(N)o2)c1-c1ccc(F)c(Cl)c1. The van der Waals surface area contributed by atoms with Gasteiger partial charge >= 0.3 is 6.01 Å². The molecule has 3 aromatic heterocycles. The van der Waals surface area contributed by atoms with Crippen LogP contribution in [0.25, 0.3) is 28.5 Å². The molecule has 2 N–H and O–H groups in total. The number of anilines is 1. The number of imidazole rings is 1. The van der Waals surface area contributed by atoms with E-state index in [4.69, 9.17) is 38.3 Å². The molecule has 5 aromatic rings. The first-order chi connectivity index (χ1) is 21.3. The summed E-state index contributed by atoms with van der Waals surface area (Å²) in [5, 5.41) is 8.43. The Morgan fingerprint density at radius 2 is 1.93 bits per heavy atom. The highest BCUT2D eigenvalue weighted by Crippen LogP contribution is 2.42. The lowest BCUT2D eigenvalue weighted by atomic mass is 9.88. The van der Waals surface area contributed by atoms with E-state index in [1.165, 1.54) is 12.1 Å². The number of benzene rings is 2. The molecule has 12 heteroatoms. The van der Waals surface area contributed by atoms with Crippen molar-refractivity contribution in [3.05, 3.63) is 93.7 Å².